The Morgan fingerprint density at radius 1 is 0.382 bits per heavy atom. The summed E-state index contributed by atoms with van der Waals surface area (Å²) in [5, 5.41) is 0. The smallest absolute Gasteiger partial charge is 0.120 e. The lowest BCUT2D eigenvalue weighted by Gasteiger charge is -2.25. The van der Waals surface area contributed by atoms with Crippen LogP contribution in [0.2, 0.25) is 0 Å². The Morgan fingerprint density at radius 3 is 0.765 bits per heavy atom. The summed E-state index contributed by atoms with van der Waals surface area (Å²) in [4.78, 5) is 3.70. The van der Waals surface area contributed by atoms with Crippen LogP contribution in [0.4, 0.5) is 0 Å². The Hall–Kier alpha value is -2.59. The maximum atomic E-state index is 6.04. The fourth-order valence-electron chi connectivity index (χ4n) is 3.40. The highest BCUT2D eigenvalue weighted by atomic mass is 32.2. The summed E-state index contributed by atoms with van der Waals surface area (Å²) in [6, 6.07) is 25.4. The van der Waals surface area contributed by atoms with E-state index in [9.17, 15) is 0 Å². The van der Waals surface area contributed by atoms with Crippen molar-refractivity contribution in [1.82, 2.24) is 0 Å². The molecule has 0 atom stereocenters. The van der Waals surface area contributed by atoms with Crippen molar-refractivity contribution in [2.75, 3.05) is 0 Å². The van der Waals surface area contributed by atoms with Gasteiger partial charge in [-0.2, -0.15) is 0 Å². The molecular weight excluding hydrogens is 440 g/mol. The normalized spacial score (nSPS) is 12.5. The van der Waals surface area contributed by atoms with E-state index in [1.54, 1.807) is 0 Å². The highest BCUT2D eigenvalue weighted by Crippen LogP contribution is 2.52. The Balaban J connectivity index is 1.97. The molecule has 183 valence electrons. The van der Waals surface area contributed by atoms with Crippen molar-refractivity contribution in [2.24, 2.45) is 0 Å². The minimum absolute atomic E-state index is 0.227. The van der Waals surface area contributed by atoms with Crippen LogP contribution in [0.15, 0.2) is 87.5 Å². The van der Waals surface area contributed by atoms with Crippen LogP contribution in [0.3, 0.4) is 0 Å². The quantitative estimate of drug-likeness (QED) is 0.353. The van der Waals surface area contributed by atoms with E-state index < -0.39 is 0 Å². The first-order chi connectivity index (χ1) is 15.7. The van der Waals surface area contributed by atoms with Gasteiger partial charge in [0, 0.05) is 14.7 Å². The van der Waals surface area contributed by atoms with Gasteiger partial charge in [0.05, 0.1) is 0 Å². The fraction of sp³-hybridized carbons (Fsp3) is 0.400. The van der Waals surface area contributed by atoms with Gasteiger partial charge in [0.2, 0.25) is 0 Å². The highest BCUT2D eigenvalue weighted by Gasteiger charge is 2.19. The second-order valence-electron chi connectivity index (χ2n) is 11.4. The van der Waals surface area contributed by atoms with E-state index in [-0.39, 0.29) is 27.7 Å². The van der Waals surface area contributed by atoms with Crippen LogP contribution >= 0.6 is 10.9 Å². The largest absolute Gasteiger partial charge is 0.488 e. The van der Waals surface area contributed by atoms with Crippen LogP contribution in [0.1, 0.15) is 62.3 Å². The number of hydrogen-bond acceptors (Lipinski definition) is 3. The van der Waals surface area contributed by atoms with Crippen LogP contribution in [-0.4, -0.2) is 16.8 Å². The van der Waals surface area contributed by atoms with Crippen molar-refractivity contribution in [2.45, 2.75) is 93.8 Å². The monoisotopic (exact) mass is 479 g/mol. The summed E-state index contributed by atoms with van der Waals surface area (Å²) in [6.07, 6.45) is 0. The van der Waals surface area contributed by atoms with Crippen molar-refractivity contribution in [1.29, 1.82) is 0 Å². The molecular formula is C30H39O3S. The summed E-state index contributed by atoms with van der Waals surface area (Å²) in [5.74, 6) is 2.63. The molecule has 0 aliphatic carbocycles. The Bertz CT molecular complexity index is 908. The SMILES string of the molecule is CC(C)(C)Oc1ccc([S](c2ccc(OC(C)(C)C)cc2)c2ccc(OC(C)(C)C)cc2)cc1. The summed E-state index contributed by atoms with van der Waals surface area (Å²) in [6.45, 7) is 18.6. The van der Waals surface area contributed by atoms with E-state index in [4.69, 9.17) is 14.2 Å². The second-order valence-corrected chi connectivity index (χ2v) is 13.4. The molecule has 0 spiro atoms. The summed E-state index contributed by atoms with van der Waals surface area (Å²) < 4.78 is 18.1. The zero-order chi connectivity index (χ0) is 25.1. The topological polar surface area (TPSA) is 27.7 Å². The van der Waals surface area contributed by atoms with Gasteiger partial charge < -0.3 is 14.2 Å². The third-order valence-corrected chi connectivity index (χ3v) is 6.68. The molecule has 0 heterocycles. The van der Waals surface area contributed by atoms with Gasteiger partial charge in [-0.1, -0.05) is 0 Å². The molecule has 0 aliphatic heterocycles. The lowest BCUT2D eigenvalue weighted by atomic mass is 10.2. The summed E-state index contributed by atoms with van der Waals surface area (Å²) in [7, 11) is -0.276. The summed E-state index contributed by atoms with van der Waals surface area (Å²) >= 11 is 0. The molecule has 0 amide bonds. The van der Waals surface area contributed by atoms with E-state index >= 15 is 0 Å². The molecule has 0 fully saturated rings. The zero-order valence-corrected chi connectivity index (χ0v) is 22.9. The predicted octanol–water partition coefficient (Wildman–Crippen LogP) is 8.96. The van der Waals surface area contributed by atoms with Gasteiger partial charge in [0.15, 0.2) is 0 Å². The predicted molar refractivity (Wildman–Crippen MR) is 143 cm³/mol. The Kier molecular flexibility index (Phi) is 7.62. The average Bonchev–Trinajstić information content (AvgIpc) is 2.69. The van der Waals surface area contributed by atoms with Gasteiger partial charge in [-0.15, -0.1) is 10.9 Å². The van der Waals surface area contributed by atoms with Crippen molar-refractivity contribution < 1.29 is 14.2 Å². The molecule has 3 nitrogen and oxygen atoms in total. The minimum atomic E-state index is -0.276. The summed E-state index contributed by atoms with van der Waals surface area (Å²) in [5.41, 5.74) is -0.682. The van der Waals surface area contributed by atoms with Crippen LogP contribution in [0.25, 0.3) is 0 Å². The van der Waals surface area contributed by atoms with Gasteiger partial charge >= 0.3 is 0 Å². The molecule has 0 aromatic heterocycles. The molecule has 3 rings (SSSR count). The lowest BCUT2D eigenvalue weighted by molar-refractivity contribution is 0.130. The molecule has 0 unspecified atom stereocenters. The van der Waals surface area contributed by atoms with Gasteiger partial charge in [-0.3, -0.25) is 0 Å². The van der Waals surface area contributed by atoms with E-state index in [0.29, 0.717) is 0 Å². The van der Waals surface area contributed by atoms with Crippen LogP contribution in [0, 0.1) is 0 Å². The van der Waals surface area contributed by atoms with Crippen molar-refractivity contribution in [3.05, 3.63) is 72.8 Å². The maximum Gasteiger partial charge on any atom is 0.120 e. The number of rotatable bonds is 6. The molecule has 1 radical (unpaired) electrons. The van der Waals surface area contributed by atoms with Crippen molar-refractivity contribution >= 4 is 10.9 Å². The average molecular weight is 480 g/mol. The molecule has 0 saturated heterocycles. The molecule has 0 N–H and O–H groups in total. The molecule has 0 saturated carbocycles. The highest BCUT2D eigenvalue weighted by molar-refractivity contribution is 8.17. The third-order valence-electron chi connectivity index (χ3n) is 4.45. The molecule has 3 aromatic carbocycles. The third kappa shape index (κ3) is 8.02. The molecule has 0 bridgehead atoms. The standard InChI is InChI=1S/C30H39O3S/c1-28(2,3)31-22-10-16-25(17-11-22)34(26-18-12-23(13-19-26)32-29(4,5)6)27-20-14-24(15-21-27)33-30(7,8)9/h10-21H,1-9H3. The maximum absolute atomic E-state index is 6.04. The number of ether oxygens (including phenoxy) is 3. The number of hydrogen-bond donors (Lipinski definition) is 0. The first-order valence-electron chi connectivity index (χ1n) is 11.8. The minimum Gasteiger partial charge on any atom is -0.488 e. The first kappa shape index (κ1) is 26.0. The molecule has 0 aliphatic rings. The van der Waals surface area contributed by atoms with Crippen molar-refractivity contribution in [3.63, 3.8) is 0 Å². The van der Waals surface area contributed by atoms with E-state index in [0.717, 1.165) is 17.2 Å². The number of benzene rings is 3. The fourth-order valence-corrected chi connectivity index (χ4v) is 5.44. The molecule has 3 aromatic rings. The second kappa shape index (κ2) is 9.95. The van der Waals surface area contributed by atoms with E-state index in [1.807, 2.05) is 0 Å². The Morgan fingerprint density at radius 2 is 0.588 bits per heavy atom. The molecule has 4 heteroatoms. The van der Waals surface area contributed by atoms with Gasteiger partial charge in [0.1, 0.15) is 34.1 Å². The van der Waals surface area contributed by atoms with Crippen LogP contribution in [0.5, 0.6) is 17.2 Å². The van der Waals surface area contributed by atoms with Gasteiger partial charge in [0.25, 0.3) is 0 Å². The zero-order valence-electron chi connectivity index (χ0n) is 22.1. The van der Waals surface area contributed by atoms with Gasteiger partial charge in [-0.25, -0.2) is 0 Å². The van der Waals surface area contributed by atoms with Crippen molar-refractivity contribution in [3.8, 4) is 17.2 Å². The first-order valence-corrected chi connectivity index (χ1v) is 13.0. The lowest BCUT2D eigenvalue weighted by Crippen LogP contribution is -2.22. The Labute approximate surface area is 208 Å². The van der Waals surface area contributed by atoms with E-state index in [2.05, 4.69) is 135 Å². The van der Waals surface area contributed by atoms with Crippen LogP contribution in [-0.2, 0) is 0 Å². The van der Waals surface area contributed by atoms with Crippen LogP contribution < -0.4 is 14.2 Å². The van der Waals surface area contributed by atoms with E-state index in [1.165, 1.54) is 14.7 Å². The van der Waals surface area contributed by atoms with Gasteiger partial charge in [-0.05, 0) is 135 Å². The molecule has 34 heavy (non-hydrogen) atoms.